The fraction of sp³-hybridized carbons (Fsp3) is 0.727. The van der Waals surface area contributed by atoms with Gasteiger partial charge in [-0.3, -0.25) is 4.79 Å². The molecule has 0 unspecified atom stereocenters. The summed E-state index contributed by atoms with van der Waals surface area (Å²) in [4.78, 5) is 11.2. The molecule has 0 fully saturated rings. The zero-order chi connectivity index (χ0) is 11.5. The van der Waals surface area contributed by atoms with Crippen molar-refractivity contribution in [3.63, 3.8) is 0 Å². The van der Waals surface area contributed by atoms with Gasteiger partial charge in [-0.2, -0.15) is 0 Å². The molecular weight excluding hydrogens is 208 g/mol. The maximum absolute atomic E-state index is 11.2. The lowest BCUT2D eigenvalue weighted by Crippen LogP contribution is -2.25. The standard InChI is InChI=1S/C11H20O3Si/c1-13-11(12)8-9-6-5-7-10(9)14-15(2,3)4/h5-8H2,1-4H3. The van der Waals surface area contributed by atoms with Gasteiger partial charge in [0.1, 0.15) is 0 Å². The summed E-state index contributed by atoms with van der Waals surface area (Å²) in [6.45, 7) is 6.48. The lowest BCUT2D eigenvalue weighted by atomic mass is 10.1. The van der Waals surface area contributed by atoms with Gasteiger partial charge < -0.3 is 9.16 Å². The number of esters is 1. The van der Waals surface area contributed by atoms with Gasteiger partial charge in [-0.15, -0.1) is 0 Å². The summed E-state index contributed by atoms with van der Waals surface area (Å²) in [6, 6.07) is 0. The summed E-state index contributed by atoms with van der Waals surface area (Å²) in [5.41, 5.74) is 1.14. The molecule has 0 heterocycles. The van der Waals surface area contributed by atoms with Gasteiger partial charge in [0.05, 0.1) is 19.3 Å². The van der Waals surface area contributed by atoms with Crippen molar-refractivity contribution >= 4 is 14.3 Å². The SMILES string of the molecule is COC(=O)CC1=C(O[Si](C)(C)C)CCC1. The maximum Gasteiger partial charge on any atom is 0.309 e. The number of carbonyl (C=O) groups excluding carboxylic acids is 1. The number of hydrogen-bond donors (Lipinski definition) is 0. The van der Waals surface area contributed by atoms with Crippen molar-refractivity contribution in [1.29, 1.82) is 0 Å². The van der Waals surface area contributed by atoms with Crippen LogP contribution >= 0.6 is 0 Å². The first kappa shape index (κ1) is 12.3. The first-order valence-corrected chi connectivity index (χ1v) is 8.80. The van der Waals surface area contributed by atoms with E-state index in [9.17, 15) is 4.79 Å². The van der Waals surface area contributed by atoms with Crippen LogP contribution in [-0.2, 0) is 14.0 Å². The Morgan fingerprint density at radius 3 is 2.53 bits per heavy atom. The highest BCUT2D eigenvalue weighted by Gasteiger charge is 2.24. The zero-order valence-electron chi connectivity index (χ0n) is 10.1. The summed E-state index contributed by atoms with van der Waals surface area (Å²) < 4.78 is 10.6. The van der Waals surface area contributed by atoms with Crippen molar-refractivity contribution in [3.8, 4) is 0 Å². The molecule has 0 atom stereocenters. The van der Waals surface area contributed by atoms with Crippen LogP contribution in [0.1, 0.15) is 25.7 Å². The molecule has 0 aromatic heterocycles. The number of ether oxygens (including phenoxy) is 1. The van der Waals surface area contributed by atoms with Crippen LogP contribution < -0.4 is 0 Å². The molecule has 0 spiro atoms. The van der Waals surface area contributed by atoms with Gasteiger partial charge in [0.15, 0.2) is 0 Å². The Hall–Kier alpha value is -0.773. The molecule has 1 aliphatic rings. The van der Waals surface area contributed by atoms with E-state index in [1.807, 2.05) is 0 Å². The number of allylic oxidation sites excluding steroid dienone is 1. The molecule has 0 bridgehead atoms. The molecule has 0 aromatic rings. The first-order chi connectivity index (χ1) is 6.92. The van der Waals surface area contributed by atoms with Gasteiger partial charge in [-0.1, -0.05) is 0 Å². The molecule has 15 heavy (non-hydrogen) atoms. The molecule has 0 N–H and O–H groups in total. The van der Waals surface area contributed by atoms with Gasteiger partial charge in [0, 0.05) is 6.42 Å². The van der Waals surface area contributed by atoms with Crippen LogP contribution in [-0.4, -0.2) is 21.4 Å². The Bertz CT molecular complexity index is 276. The molecule has 1 aliphatic carbocycles. The Morgan fingerprint density at radius 2 is 2.00 bits per heavy atom. The van der Waals surface area contributed by atoms with Crippen LogP contribution in [0.3, 0.4) is 0 Å². The van der Waals surface area contributed by atoms with E-state index in [1.54, 1.807) is 0 Å². The molecule has 0 aromatic carbocycles. The largest absolute Gasteiger partial charge is 0.547 e. The summed E-state index contributed by atoms with van der Waals surface area (Å²) in [5.74, 6) is 0.892. The number of hydrogen-bond acceptors (Lipinski definition) is 3. The van der Waals surface area contributed by atoms with Crippen LogP contribution in [0.4, 0.5) is 0 Å². The van der Waals surface area contributed by atoms with Crippen molar-refractivity contribution in [1.82, 2.24) is 0 Å². The molecule has 0 saturated carbocycles. The molecule has 4 heteroatoms. The van der Waals surface area contributed by atoms with Crippen LogP contribution in [0.15, 0.2) is 11.3 Å². The molecule has 86 valence electrons. The molecular formula is C11H20O3Si. The smallest absolute Gasteiger partial charge is 0.309 e. The number of rotatable bonds is 4. The van der Waals surface area contributed by atoms with Gasteiger partial charge in [0.2, 0.25) is 8.32 Å². The topological polar surface area (TPSA) is 35.5 Å². The molecule has 3 nitrogen and oxygen atoms in total. The average Bonchev–Trinajstić information content (AvgIpc) is 2.50. The molecule has 1 rings (SSSR count). The van der Waals surface area contributed by atoms with E-state index < -0.39 is 8.32 Å². The fourth-order valence-electron chi connectivity index (χ4n) is 1.70. The maximum atomic E-state index is 11.2. The quantitative estimate of drug-likeness (QED) is 0.548. The molecule has 0 amide bonds. The van der Waals surface area contributed by atoms with Gasteiger partial charge in [-0.25, -0.2) is 0 Å². The molecule has 0 aliphatic heterocycles. The lowest BCUT2D eigenvalue weighted by molar-refractivity contribution is -0.139. The predicted octanol–water partition coefficient (Wildman–Crippen LogP) is 2.84. The van der Waals surface area contributed by atoms with E-state index in [-0.39, 0.29) is 5.97 Å². The summed E-state index contributed by atoms with van der Waals surface area (Å²) in [5, 5.41) is 0. The minimum absolute atomic E-state index is 0.163. The van der Waals surface area contributed by atoms with Crippen LogP contribution in [0.5, 0.6) is 0 Å². The summed E-state index contributed by atoms with van der Waals surface area (Å²) in [6.07, 6.45) is 3.47. The summed E-state index contributed by atoms with van der Waals surface area (Å²) in [7, 11) is -0.108. The van der Waals surface area contributed by atoms with Crippen molar-refractivity contribution < 1.29 is 14.0 Å². The second-order valence-corrected chi connectivity index (χ2v) is 9.28. The Balaban J connectivity index is 2.66. The molecule has 0 saturated heterocycles. The van der Waals surface area contributed by atoms with E-state index in [1.165, 1.54) is 7.11 Å². The van der Waals surface area contributed by atoms with E-state index in [2.05, 4.69) is 24.4 Å². The predicted molar refractivity (Wildman–Crippen MR) is 61.9 cm³/mol. The van der Waals surface area contributed by atoms with E-state index in [0.29, 0.717) is 6.42 Å². The minimum Gasteiger partial charge on any atom is -0.547 e. The fourth-order valence-corrected chi connectivity index (χ4v) is 2.69. The summed E-state index contributed by atoms with van der Waals surface area (Å²) >= 11 is 0. The normalized spacial score (nSPS) is 16.8. The van der Waals surface area contributed by atoms with Crippen molar-refractivity contribution in [2.24, 2.45) is 0 Å². The Labute approximate surface area is 92.6 Å². The van der Waals surface area contributed by atoms with Crippen LogP contribution in [0.2, 0.25) is 19.6 Å². The molecule has 0 radical (unpaired) electrons. The van der Waals surface area contributed by atoms with E-state index >= 15 is 0 Å². The van der Waals surface area contributed by atoms with Gasteiger partial charge >= 0.3 is 5.97 Å². The Kier molecular flexibility index (Phi) is 3.96. The van der Waals surface area contributed by atoms with Crippen LogP contribution in [0.25, 0.3) is 0 Å². The highest BCUT2D eigenvalue weighted by Crippen LogP contribution is 2.31. The van der Waals surface area contributed by atoms with Crippen molar-refractivity contribution in [3.05, 3.63) is 11.3 Å². The monoisotopic (exact) mass is 228 g/mol. The van der Waals surface area contributed by atoms with Gasteiger partial charge in [-0.05, 0) is 38.1 Å². The average molecular weight is 228 g/mol. The highest BCUT2D eigenvalue weighted by atomic mass is 28.4. The lowest BCUT2D eigenvalue weighted by Gasteiger charge is -2.21. The number of carbonyl (C=O) groups is 1. The highest BCUT2D eigenvalue weighted by molar-refractivity contribution is 6.70. The zero-order valence-corrected chi connectivity index (χ0v) is 11.1. The van der Waals surface area contributed by atoms with Crippen LogP contribution in [0, 0.1) is 0 Å². The second-order valence-electron chi connectivity index (χ2n) is 4.85. The van der Waals surface area contributed by atoms with E-state index in [4.69, 9.17) is 4.43 Å². The van der Waals surface area contributed by atoms with E-state index in [0.717, 1.165) is 30.6 Å². The van der Waals surface area contributed by atoms with Gasteiger partial charge in [0.25, 0.3) is 0 Å². The third-order valence-electron chi connectivity index (χ3n) is 2.29. The first-order valence-electron chi connectivity index (χ1n) is 5.39. The van der Waals surface area contributed by atoms with Crippen molar-refractivity contribution in [2.75, 3.05) is 7.11 Å². The Morgan fingerprint density at radius 1 is 1.33 bits per heavy atom. The minimum atomic E-state index is -1.54. The van der Waals surface area contributed by atoms with Crippen molar-refractivity contribution in [2.45, 2.75) is 45.3 Å². The third kappa shape index (κ3) is 4.07. The third-order valence-corrected chi connectivity index (χ3v) is 3.15. The number of methoxy groups -OCH3 is 1. The second kappa shape index (κ2) is 4.83.